The molecule has 4 unspecified atom stereocenters. The van der Waals surface area contributed by atoms with Crippen molar-refractivity contribution in [2.24, 2.45) is 9.65 Å². The first-order valence-electron chi connectivity index (χ1n) is 14.5. The number of nitriles is 1. The van der Waals surface area contributed by atoms with E-state index in [9.17, 15) is 13.6 Å². The SMILES string of the molecule is C=C=N[Si](C)(C)C.N#CN=C1c2cc(Br)ccc2OC2(CCCOC2)C1F.O=C1c2cc(Br)ccc2OC2(CCCOC2)C1F. The largest absolute Gasteiger partial charge is 0.481 e. The number of rotatable bonds is 1. The van der Waals surface area contributed by atoms with Gasteiger partial charge in [-0.15, -0.1) is 0 Å². The molecule has 13 heteroatoms. The summed E-state index contributed by atoms with van der Waals surface area (Å²) >= 11 is 6.61. The maximum atomic E-state index is 14.9. The molecule has 0 aromatic heterocycles. The smallest absolute Gasteiger partial charge is 0.206 e. The highest BCUT2D eigenvalue weighted by molar-refractivity contribution is 9.10. The maximum Gasteiger partial charge on any atom is 0.206 e. The van der Waals surface area contributed by atoms with Crippen LogP contribution in [0.1, 0.15) is 41.6 Å². The van der Waals surface area contributed by atoms with Gasteiger partial charge in [0.25, 0.3) is 0 Å². The van der Waals surface area contributed by atoms with Crippen LogP contribution in [0.5, 0.6) is 11.5 Å². The van der Waals surface area contributed by atoms with Crippen molar-refractivity contribution in [2.45, 2.75) is 68.9 Å². The summed E-state index contributed by atoms with van der Waals surface area (Å²) < 4.78 is 57.1. The second-order valence-corrected chi connectivity index (χ2v) is 18.5. The molecule has 2 aromatic carbocycles. The molecule has 4 heterocycles. The predicted molar refractivity (Wildman–Crippen MR) is 178 cm³/mol. The van der Waals surface area contributed by atoms with Gasteiger partial charge in [-0.05, 0) is 94.2 Å². The third-order valence-corrected chi connectivity index (χ3v) is 9.32. The van der Waals surface area contributed by atoms with E-state index >= 15 is 0 Å². The van der Waals surface area contributed by atoms with E-state index < -0.39 is 37.6 Å². The van der Waals surface area contributed by atoms with E-state index in [2.05, 4.69) is 73.6 Å². The quantitative estimate of drug-likeness (QED) is 0.169. The van der Waals surface area contributed by atoms with Gasteiger partial charge in [-0.25, -0.2) is 8.78 Å². The van der Waals surface area contributed by atoms with Crippen LogP contribution in [-0.4, -0.2) is 75.6 Å². The van der Waals surface area contributed by atoms with Crippen molar-refractivity contribution < 1.29 is 32.5 Å². The zero-order valence-corrected chi connectivity index (χ0v) is 29.5. The zero-order chi connectivity index (χ0) is 32.8. The van der Waals surface area contributed by atoms with Crippen molar-refractivity contribution >= 4 is 57.5 Å². The minimum Gasteiger partial charge on any atom is -0.481 e. The lowest BCUT2D eigenvalue weighted by Crippen LogP contribution is -2.57. The van der Waals surface area contributed by atoms with Crippen LogP contribution in [0.15, 0.2) is 61.6 Å². The van der Waals surface area contributed by atoms with Crippen LogP contribution in [0.2, 0.25) is 19.6 Å². The van der Waals surface area contributed by atoms with E-state index in [1.165, 1.54) is 0 Å². The van der Waals surface area contributed by atoms with Crippen LogP contribution < -0.4 is 9.47 Å². The van der Waals surface area contributed by atoms with Crippen molar-refractivity contribution in [3.8, 4) is 17.7 Å². The second-order valence-electron chi connectivity index (χ2n) is 12.1. The molecule has 0 saturated carbocycles. The average Bonchev–Trinajstić information content (AvgIpc) is 3.00. The molecular formula is C32H35Br2F2N3O5Si. The molecule has 2 saturated heterocycles. The molecule has 4 atom stereocenters. The molecule has 45 heavy (non-hydrogen) atoms. The summed E-state index contributed by atoms with van der Waals surface area (Å²) in [6.45, 7) is 11.3. The number of alkyl halides is 2. The first-order valence-corrected chi connectivity index (χ1v) is 19.5. The number of fused-ring (bicyclic) bond motifs is 2. The highest BCUT2D eigenvalue weighted by atomic mass is 79.9. The minimum absolute atomic E-state index is 0.126. The molecule has 0 amide bonds. The highest BCUT2D eigenvalue weighted by Gasteiger charge is 2.52. The number of aliphatic imine (C=N–C) groups is 1. The van der Waals surface area contributed by atoms with Gasteiger partial charge in [-0.3, -0.25) is 9.45 Å². The van der Waals surface area contributed by atoms with E-state index in [1.54, 1.807) is 36.5 Å². The Hall–Kier alpha value is -2.72. The van der Waals surface area contributed by atoms with Crippen molar-refractivity contribution in [1.82, 2.24) is 0 Å². The standard InChI is InChI=1S/C14H12BrFN2O2.C13H12BrFO3.C5H11NSi/c15-9-2-3-11-10(6-9)12(18-8-17)13(16)14(20-11)4-1-5-19-7-14;14-8-2-3-10-9(6-8)11(16)12(15)13(18-10)4-1-5-17-7-13;1-5-6-7(2,3)4/h2-3,6,13H,1,4-5,7H2;2-3,6,12H,1,4-5,7H2;1H2,2-4H3. The van der Waals surface area contributed by atoms with E-state index in [0.29, 0.717) is 55.1 Å². The summed E-state index contributed by atoms with van der Waals surface area (Å²) in [7, 11) is -1.21. The third kappa shape index (κ3) is 8.17. The minimum atomic E-state index is -1.65. The molecule has 0 N–H and O–H groups in total. The molecule has 0 bridgehead atoms. The molecule has 240 valence electrons. The van der Waals surface area contributed by atoms with Crippen LogP contribution >= 0.6 is 31.9 Å². The van der Waals surface area contributed by atoms with Crippen molar-refractivity contribution in [3.05, 3.63) is 63.0 Å². The molecule has 2 aromatic rings. The van der Waals surface area contributed by atoms with Crippen LogP contribution in [-0.2, 0) is 9.47 Å². The Morgan fingerprint density at radius 3 is 1.87 bits per heavy atom. The molecule has 2 spiro atoms. The highest BCUT2D eigenvalue weighted by Crippen LogP contribution is 2.42. The Kier molecular flexibility index (Phi) is 11.6. The van der Waals surface area contributed by atoms with E-state index in [0.717, 1.165) is 15.4 Å². The van der Waals surface area contributed by atoms with Gasteiger partial charge in [-0.2, -0.15) is 10.3 Å². The summed E-state index contributed by atoms with van der Waals surface area (Å²) in [4.78, 5) is 15.8. The number of ether oxygens (including phenoxy) is 4. The van der Waals surface area contributed by atoms with Crippen LogP contribution in [0.3, 0.4) is 0 Å². The molecule has 0 radical (unpaired) electrons. The van der Waals surface area contributed by atoms with Gasteiger partial charge < -0.3 is 18.9 Å². The molecule has 2 fully saturated rings. The summed E-state index contributed by atoms with van der Waals surface area (Å²) in [6, 6.07) is 10.4. The summed E-state index contributed by atoms with van der Waals surface area (Å²) in [6.07, 6.45) is 1.06. The number of hydrogen-bond donors (Lipinski definition) is 0. The van der Waals surface area contributed by atoms with Crippen molar-refractivity contribution in [1.29, 1.82) is 5.26 Å². The van der Waals surface area contributed by atoms with Crippen LogP contribution in [0.4, 0.5) is 8.78 Å². The fourth-order valence-corrected chi connectivity index (χ4v) is 6.62. The lowest BCUT2D eigenvalue weighted by Gasteiger charge is -2.43. The lowest BCUT2D eigenvalue weighted by atomic mass is 9.83. The first kappa shape index (κ1) is 35.1. The monoisotopic (exact) mass is 765 g/mol. The normalized spacial score (nSPS) is 27.6. The number of carbonyl (C=O) groups excluding carboxylic acids is 1. The molecule has 6 rings (SSSR count). The zero-order valence-electron chi connectivity index (χ0n) is 25.4. The van der Waals surface area contributed by atoms with Crippen LogP contribution in [0.25, 0.3) is 0 Å². The Balaban J connectivity index is 0.000000171. The number of nitrogens with zero attached hydrogens (tertiary/aromatic N) is 3. The van der Waals surface area contributed by atoms with Gasteiger partial charge in [-0.1, -0.05) is 31.9 Å². The number of hydrogen-bond acceptors (Lipinski definition) is 8. The Morgan fingerprint density at radius 1 is 0.911 bits per heavy atom. The third-order valence-electron chi connectivity index (χ3n) is 7.50. The maximum absolute atomic E-state index is 14.9. The van der Waals surface area contributed by atoms with Gasteiger partial charge in [0.2, 0.25) is 18.1 Å². The van der Waals surface area contributed by atoms with Crippen LogP contribution in [0, 0.1) is 11.5 Å². The van der Waals surface area contributed by atoms with E-state index in [4.69, 9.17) is 24.2 Å². The molecule has 4 aliphatic rings. The first-order chi connectivity index (χ1) is 21.3. The fraction of sp³-hybridized carbons (Fsp3) is 0.469. The number of benzene rings is 2. The second kappa shape index (κ2) is 14.8. The molecule has 8 nitrogen and oxygen atoms in total. The van der Waals surface area contributed by atoms with E-state index in [-0.39, 0.29) is 18.9 Å². The average molecular weight is 768 g/mol. The summed E-state index contributed by atoms with van der Waals surface area (Å²) in [5.74, 6) is 3.02. The number of ketones is 1. The van der Waals surface area contributed by atoms with Gasteiger partial charge in [0, 0.05) is 27.7 Å². The Labute approximate surface area is 279 Å². The van der Waals surface area contributed by atoms with Crippen molar-refractivity contribution in [2.75, 3.05) is 26.4 Å². The van der Waals surface area contributed by atoms with Crippen molar-refractivity contribution in [3.63, 3.8) is 0 Å². The van der Waals surface area contributed by atoms with Gasteiger partial charge in [0.05, 0.1) is 18.8 Å². The molecule has 0 aliphatic carbocycles. The topological polar surface area (TPSA) is 102 Å². The number of halogens is 4. The van der Waals surface area contributed by atoms with Gasteiger partial charge in [0.15, 0.2) is 25.6 Å². The molecule has 4 aliphatic heterocycles. The van der Waals surface area contributed by atoms with E-state index in [1.807, 2.05) is 6.07 Å². The van der Waals surface area contributed by atoms with Gasteiger partial charge >= 0.3 is 0 Å². The lowest BCUT2D eigenvalue weighted by molar-refractivity contribution is -0.104. The van der Waals surface area contributed by atoms with Gasteiger partial charge in [0.1, 0.15) is 17.2 Å². The molecular weight excluding hydrogens is 732 g/mol. The summed E-state index contributed by atoms with van der Waals surface area (Å²) in [5, 5.41) is 8.83. The Morgan fingerprint density at radius 2 is 1.42 bits per heavy atom. The number of Topliss-reactive ketones (excluding diaryl/α,β-unsaturated/α-hetero) is 1. The predicted octanol–water partition coefficient (Wildman–Crippen LogP) is 7.59. The summed E-state index contributed by atoms with van der Waals surface area (Å²) in [5.41, 5.74) is -1.25. The fourth-order valence-electron chi connectivity index (χ4n) is 5.43. The Bertz CT molecular complexity index is 1530. The number of carbonyl (C=O) groups is 1.